The Kier molecular flexibility index (Phi) is 7.56. The molecule has 0 aliphatic rings. The van der Waals surface area contributed by atoms with Gasteiger partial charge in [0, 0.05) is 28.6 Å². The molecule has 180 valence electrons. The molecule has 0 saturated carbocycles. The Hall–Kier alpha value is -4.29. The molecule has 0 heterocycles. The Morgan fingerprint density at radius 2 is 1.36 bits per heavy atom. The number of benzene rings is 4. The van der Waals surface area contributed by atoms with Crippen LogP contribution in [0.1, 0.15) is 42.0 Å². The maximum Gasteiger partial charge on any atom is 0.166 e. The molecule has 0 radical (unpaired) electrons. The zero-order valence-electron chi connectivity index (χ0n) is 19.2. The molecule has 0 aliphatic carbocycles. The van der Waals surface area contributed by atoms with Crippen LogP contribution in [-0.2, 0) is 0 Å². The van der Waals surface area contributed by atoms with Crippen molar-refractivity contribution in [1.82, 2.24) is 0 Å². The normalized spacial score (nSPS) is 10.4. The Balaban J connectivity index is 1.53. The molecule has 0 amide bonds. The first-order valence-electron chi connectivity index (χ1n) is 11.2. The summed E-state index contributed by atoms with van der Waals surface area (Å²) in [6.45, 7) is 2.33. The van der Waals surface area contributed by atoms with Crippen LogP contribution in [0.2, 0.25) is 0 Å². The van der Waals surface area contributed by atoms with Gasteiger partial charge in [-0.05, 0) is 48.2 Å². The summed E-state index contributed by atoms with van der Waals surface area (Å²) in [6, 6.07) is 13.1. The van der Waals surface area contributed by atoms with Crippen LogP contribution in [0.15, 0.2) is 60.7 Å². The summed E-state index contributed by atoms with van der Waals surface area (Å²) in [7, 11) is 0. The Morgan fingerprint density at radius 3 is 2.08 bits per heavy atom. The zero-order valence-corrected chi connectivity index (χ0v) is 19.2. The number of ether oxygens (including phenoxy) is 1. The lowest BCUT2D eigenvalue weighted by molar-refractivity contribution is 0.306. The number of halogens is 5. The maximum absolute atomic E-state index is 14.6. The fourth-order valence-corrected chi connectivity index (χ4v) is 3.40. The maximum atomic E-state index is 14.6. The van der Waals surface area contributed by atoms with Crippen LogP contribution in [0.3, 0.4) is 0 Å². The van der Waals surface area contributed by atoms with Gasteiger partial charge < -0.3 is 4.74 Å². The van der Waals surface area contributed by atoms with E-state index in [1.807, 2.05) is 6.92 Å². The van der Waals surface area contributed by atoms with Crippen LogP contribution in [0.4, 0.5) is 22.0 Å². The molecule has 0 unspecified atom stereocenters. The highest BCUT2D eigenvalue weighted by Gasteiger charge is 2.11. The average molecular weight is 490 g/mol. The molecule has 0 spiro atoms. The first kappa shape index (κ1) is 24.8. The third kappa shape index (κ3) is 5.67. The summed E-state index contributed by atoms with van der Waals surface area (Å²) in [6.07, 6.45) is 1.66. The quantitative estimate of drug-likeness (QED) is 0.163. The molecular formula is C30H19F5O. The predicted octanol–water partition coefficient (Wildman–Crippen LogP) is 7.51. The van der Waals surface area contributed by atoms with Gasteiger partial charge >= 0.3 is 0 Å². The van der Waals surface area contributed by atoms with Crippen molar-refractivity contribution >= 4 is 10.8 Å². The lowest BCUT2D eigenvalue weighted by Crippen LogP contribution is -1.99. The third-order valence-corrected chi connectivity index (χ3v) is 5.33. The smallest absolute Gasteiger partial charge is 0.166 e. The molecule has 0 saturated heterocycles. The van der Waals surface area contributed by atoms with Gasteiger partial charge in [0.2, 0.25) is 0 Å². The van der Waals surface area contributed by atoms with E-state index in [1.165, 1.54) is 30.3 Å². The van der Waals surface area contributed by atoms with Crippen molar-refractivity contribution in [2.24, 2.45) is 0 Å². The summed E-state index contributed by atoms with van der Waals surface area (Å²) in [5.74, 6) is 6.26. The number of hydrogen-bond acceptors (Lipinski definition) is 1. The van der Waals surface area contributed by atoms with Crippen LogP contribution in [0.25, 0.3) is 10.8 Å². The number of fused-ring (bicyclic) bond motifs is 1. The SMILES string of the molecule is CCCCOc1cc(F)c(C#Cc2ccc(C#Cc3ccc4c(F)c(F)ccc4c3)c(F)c2)c(F)c1. The lowest BCUT2D eigenvalue weighted by Gasteiger charge is -2.06. The molecule has 6 heteroatoms. The van der Waals surface area contributed by atoms with E-state index in [0.717, 1.165) is 37.1 Å². The molecule has 0 atom stereocenters. The van der Waals surface area contributed by atoms with Crippen LogP contribution >= 0.6 is 0 Å². The highest BCUT2D eigenvalue weighted by atomic mass is 19.2. The van der Waals surface area contributed by atoms with Crippen LogP contribution < -0.4 is 4.74 Å². The predicted molar refractivity (Wildman–Crippen MR) is 129 cm³/mol. The summed E-state index contributed by atoms with van der Waals surface area (Å²) in [5, 5.41) is 0.591. The van der Waals surface area contributed by atoms with Crippen LogP contribution in [-0.4, -0.2) is 6.61 Å². The average Bonchev–Trinajstić information content (AvgIpc) is 2.85. The van der Waals surface area contributed by atoms with Gasteiger partial charge in [0.15, 0.2) is 11.6 Å². The number of hydrogen-bond donors (Lipinski definition) is 0. The van der Waals surface area contributed by atoms with E-state index in [-0.39, 0.29) is 22.3 Å². The first-order chi connectivity index (χ1) is 17.4. The van der Waals surface area contributed by atoms with Gasteiger partial charge in [0.05, 0.1) is 17.7 Å². The monoisotopic (exact) mass is 490 g/mol. The summed E-state index contributed by atoms with van der Waals surface area (Å²) >= 11 is 0. The second-order valence-electron chi connectivity index (χ2n) is 7.96. The fraction of sp³-hybridized carbons (Fsp3) is 0.133. The minimum Gasteiger partial charge on any atom is -0.493 e. The van der Waals surface area contributed by atoms with Gasteiger partial charge in [-0.15, -0.1) is 0 Å². The topological polar surface area (TPSA) is 9.23 Å². The van der Waals surface area contributed by atoms with Gasteiger partial charge in [-0.1, -0.05) is 49.2 Å². The second kappa shape index (κ2) is 11.0. The molecule has 1 nitrogen and oxygen atoms in total. The lowest BCUT2D eigenvalue weighted by atomic mass is 10.1. The number of unbranched alkanes of at least 4 members (excludes halogenated alkanes) is 1. The molecule has 4 aromatic rings. The Bertz CT molecular complexity index is 1540. The molecule has 0 fully saturated rings. The van der Waals surface area contributed by atoms with E-state index in [2.05, 4.69) is 23.7 Å². The molecule has 0 aliphatic heterocycles. The van der Waals surface area contributed by atoms with E-state index in [0.29, 0.717) is 17.6 Å². The molecule has 0 N–H and O–H groups in total. The van der Waals surface area contributed by atoms with Crippen molar-refractivity contribution in [3.63, 3.8) is 0 Å². The molecule has 36 heavy (non-hydrogen) atoms. The first-order valence-corrected chi connectivity index (χ1v) is 11.2. The largest absolute Gasteiger partial charge is 0.493 e. The van der Waals surface area contributed by atoms with E-state index in [1.54, 1.807) is 6.07 Å². The van der Waals surface area contributed by atoms with Crippen LogP contribution in [0, 0.1) is 52.8 Å². The highest BCUT2D eigenvalue weighted by molar-refractivity contribution is 5.84. The van der Waals surface area contributed by atoms with Gasteiger partial charge in [-0.3, -0.25) is 0 Å². The summed E-state index contributed by atoms with van der Waals surface area (Å²) in [4.78, 5) is 0. The molecule has 0 bridgehead atoms. The van der Waals surface area contributed by atoms with E-state index in [9.17, 15) is 22.0 Å². The van der Waals surface area contributed by atoms with Crippen molar-refractivity contribution in [1.29, 1.82) is 0 Å². The molecule has 0 aromatic heterocycles. The Labute approximate surface area is 205 Å². The van der Waals surface area contributed by atoms with Gasteiger partial charge in [-0.25, -0.2) is 22.0 Å². The Morgan fingerprint density at radius 1 is 0.667 bits per heavy atom. The van der Waals surface area contributed by atoms with Crippen molar-refractivity contribution in [3.8, 4) is 29.4 Å². The zero-order chi connectivity index (χ0) is 25.7. The molecular weight excluding hydrogens is 471 g/mol. The van der Waals surface area contributed by atoms with E-state index < -0.39 is 34.6 Å². The highest BCUT2D eigenvalue weighted by Crippen LogP contribution is 2.22. The molecule has 4 aromatic carbocycles. The standard InChI is InChI=1S/C30H19F5O/c1-2-3-14-36-23-17-28(33)25(29(34)18-23)12-7-20-5-9-21(27(32)16-20)8-4-19-6-11-24-22(15-19)10-13-26(31)30(24)35/h5-6,9-11,13,15-18H,2-3,14H2,1H3. The van der Waals surface area contributed by atoms with E-state index >= 15 is 0 Å². The second-order valence-corrected chi connectivity index (χ2v) is 7.96. The third-order valence-electron chi connectivity index (χ3n) is 5.33. The number of rotatable bonds is 4. The van der Waals surface area contributed by atoms with Crippen LogP contribution in [0.5, 0.6) is 5.75 Å². The van der Waals surface area contributed by atoms with Crippen molar-refractivity contribution in [2.75, 3.05) is 6.61 Å². The van der Waals surface area contributed by atoms with E-state index in [4.69, 9.17) is 4.74 Å². The summed E-state index contributed by atoms with van der Waals surface area (Å²) < 4.78 is 75.7. The fourth-order valence-electron chi connectivity index (χ4n) is 3.40. The summed E-state index contributed by atoms with van der Waals surface area (Å²) in [5.41, 5.74) is 0.347. The van der Waals surface area contributed by atoms with Gasteiger partial charge in [0.25, 0.3) is 0 Å². The minimum absolute atomic E-state index is 0.0804. The van der Waals surface area contributed by atoms with Gasteiger partial charge in [0.1, 0.15) is 23.2 Å². The molecule has 4 rings (SSSR count). The van der Waals surface area contributed by atoms with Gasteiger partial charge in [-0.2, -0.15) is 0 Å². The van der Waals surface area contributed by atoms with Crippen molar-refractivity contribution < 1.29 is 26.7 Å². The minimum atomic E-state index is -0.939. The van der Waals surface area contributed by atoms with Crippen molar-refractivity contribution in [2.45, 2.75) is 19.8 Å². The van der Waals surface area contributed by atoms with Crippen molar-refractivity contribution in [3.05, 3.63) is 112 Å².